The first-order valence-electron chi connectivity index (χ1n) is 5.74. The van der Waals surface area contributed by atoms with Crippen LogP contribution in [0.4, 0.5) is 0 Å². The van der Waals surface area contributed by atoms with Crippen LogP contribution >= 0.6 is 0 Å². The van der Waals surface area contributed by atoms with Gasteiger partial charge in [-0.15, -0.1) is 0 Å². The first-order valence-corrected chi connectivity index (χ1v) is 7.69. The molecule has 1 N–H and O–H groups in total. The fourth-order valence-corrected chi connectivity index (χ4v) is 3.54. The number of nitrogens with one attached hydrogen (secondary N) is 1. The molecule has 0 aromatic carbocycles. The van der Waals surface area contributed by atoms with Gasteiger partial charge in [0.1, 0.15) is 0 Å². The highest BCUT2D eigenvalue weighted by molar-refractivity contribution is 7.91. The molecular weight excluding hydrogens is 226 g/mol. The van der Waals surface area contributed by atoms with Crippen molar-refractivity contribution in [2.45, 2.75) is 50.0 Å². The van der Waals surface area contributed by atoms with Crippen LogP contribution in [0.5, 0.6) is 0 Å². The van der Waals surface area contributed by atoms with Gasteiger partial charge in [0.15, 0.2) is 9.84 Å². The lowest BCUT2D eigenvalue weighted by Gasteiger charge is -2.27. The molecule has 0 aromatic heterocycles. The maximum Gasteiger partial charge on any atom is 0.151 e. The van der Waals surface area contributed by atoms with Gasteiger partial charge in [0.25, 0.3) is 0 Å². The molecule has 1 aliphatic rings. The van der Waals surface area contributed by atoms with Crippen LogP contribution in [0.2, 0.25) is 0 Å². The molecule has 5 heteroatoms. The highest BCUT2D eigenvalue weighted by Gasteiger charge is 2.35. The molecule has 4 nitrogen and oxygen atoms in total. The van der Waals surface area contributed by atoms with E-state index in [1.165, 1.54) is 6.26 Å². The molecule has 16 heavy (non-hydrogen) atoms. The van der Waals surface area contributed by atoms with Crippen molar-refractivity contribution < 1.29 is 13.2 Å². The smallest absolute Gasteiger partial charge is 0.151 e. The molecule has 96 valence electrons. The second kappa shape index (κ2) is 5.02. The van der Waals surface area contributed by atoms with Crippen LogP contribution in [0.1, 0.15) is 33.1 Å². The topological polar surface area (TPSA) is 55.4 Å². The van der Waals surface area contributed by atoms with Crippen molar-refractivity contribution in [2.24, 2.45) is 0 Å². The van der Waals surface area contributed by atoms with E-state index < -0.39 is 9.84 Å². The SMILES string of the molecule is COC(C)(C)CNC1CCCC1S(C)(=O)=O. The van der Waals surface area contributed by atoms with E-state index >= 15 is 0 Å². The predicted molar refractivity (Wildman–Crippen MR) is 65.4 cm³/mol. The van der Waals surface area contributed by atoms with Crippen LogP contribution < -0.4 is 5.32 Å². The molecule has 1 fully saturated rings. The van der Waals surface area contributed by atoms with E-state index in [0.717, 1.165) is 19.3 Å². The summed E-state index contributed by atoms with van der Waals surface area (Å²) in [5.74, 6) is 0. The minimum Gasteiger partial charge on any atom is -0.377 e. The molecule has 1 rings (SSSR count). The van der Waals surface area contributed by atoms with Gasteiger partial charge in [-0.05, 0) is 26.7 Å². The number of rotatable bonds is 5. The summed E-state index contributed by atoms with van der Waals surface area (Å²) in [5.41, 5.74) is -0.245. The van der Waals surface area contributed by atoms with E-state index in [2.05, 4.69) is 5.32 Å². The minimum absolute atomic E-state index is 0.0874. The van der Waals surface area contributed by atoms with Gasteiger partial charge in [-0.25, -0.2) is 8.42 Å². The standard InChI is InChI=1S/C11H23NO3S/c1-11(2,15-3)8-12-9-6-5-7-10(9)16(4,13)14/h9-10,12H,5-8H2,1-4H3. The zero-order valence-electron chi connectivity index (χ0n) is 10.6. The Morgan fingerprint density at radius 2 is 2.00 bits per heavy atom. The molecule has 2 unspecified atom stereocenters. The molecule has 0 radical (unpaired) electrons. The van der Waals surface area contributed by atoms with Gasteiger partial charge in [-0.1, -0.05) is 6.42 Å². The molecular formula is C11H23NO3S. The highest BCUT2D eigenvalue weighted by atomic mass is 32.2. The van der Waals surface area contributed by atoms with Crippen molar-refractivity contribution in [3.05, 3.63) is 0 Å². The lowest BCUT2D eigenvalue weighted by Crippen LogP contribution is -2.46. The number of hydrogen-bond acceptors (Lipinski definition) is 4. The summed E-state index contributed by atoms with van der Waals surface area (Å²) in [6, 6.07) is 0.0874. The first-order chi connectivity index (χ1) is 7.26. The van der Waals surface area contributed by atoms with E-state index in [1.807, 2.05) is 13.8 Å². The second-order valence-corrected chi connectivity index (χ2v) is 7.51. The summed E-state index contributed by atoms with van der Waals surface area (Å²) in [5, 5.41) is 3.10. The normalized spacial score (nSPS) is 27.2. The van der Waals surface area contributed by atoms with E-state index in [1.54, 1.807) is 7.11 Å². The van der Waals surface area contributed by atoms with Crippen LogP contribution in [0.25, 0.3) is 0 Å². The number of sulfone groups is 1. The van der Waals surface area contributed by atoms with Crippen molar-refractivity contribution in [3.8, 4) is 0 Å². The van der Waals surface area contributed by atoms with Crippen molar-refractivity contribution in [1.29, 1.82) is 0 Å². The molecule has 0 spiro atoms. The largest absolute Gasteiger partial charge is 0.377 e. The lowest BCUT2D eigenvalue weighted by atomic mass is 10.1. The Bertz CT molecular complexity index is 324. The maximum atomic E-state index is 11.6. The fraction of sp³-hybridized carbons (Fsp3) is 1.00. The van der Waals surface area contributed by atoms with Gasteiger partial charge >= 0.3 is 0 Å². The Labute approximate surface area is 98.7 Å². The second-order valence-electron chi connectivity index (χ2n) is 5.25. The monoisotopic (exact) mass is 249 g/mol. The molecule has 0 bridgehead atoms. The summed E-state index contributed by atoms with van der Waals surface area (Å²) in [6.45, 7) is 4.66. The summed E-state index contributed by atoms with van der Waals surface area (Å²) < 4.78 is 28.4. The van der Waals surface area contributed by atoms with E-state index in [0.29, 0.717) is 6.54 Å². The number of ether oxygens (including phenoxy) is 1. The predicted octanol–water partition coefficient (Wildman–Crippen LogP) is 0.967. The minimum atomic E-state index is -2.93. The highest BCUT2D eigenvalue weighted by Crippen LogP contribution is 2.25. The van der Waals surface area contributed by atoms with Crippen molar-refractivity contribution in [3.63, 3.8) is 0 Å². The molecule has 1 saturated carbocycles. The van der Waals surface area contributed by atoms with Crippen LogP contribution in [-0.2, 0) is 14.6 Å². The summed E-state index contributed by atoms with van der Waals surface area (Å²) in [7, 11) is -1.26. The number of hydrogen-bond donors (Lipinski definition) is 1. The Balaban J connectivity index is 2.55. The molecule has 1 aliphatic carbocycles. The molecule has 0 saturated heterocycles. The average Bonchev–Trinajstić information content (AvgIpc) is 2.62. The summed E-state index contributed by atoms with van der Waals surface area (Å²) in [6.07, 6.45) is 4.05. The molecule has 2 atom stereocenters. The molecule has 0 aromatic rings. The molecule has 0 aliphatic heterocycles. The van der Waals surface area contributed by atoms with Gasteiger partial charge in [0.2, 0.25) is 0 Å². The Morgan fingerprint density at radius 1 is 1.38 bits per heavy atom. The number of methoxy groups -OCH3 is 1. The van der Waals surface area contributed by atoms with Crippen molar-refractivity contribution >= 4 is 9.84 Å². The third-order valence-electron chi connectivity index (χ3n) is 3.35. The van der Waals surface area contributed by atoms with Gasteiger partial charge in [-0.2, -0.15) is 0 Å². The van der Waals surface area contributed by atoms with Crippen molar-refractivity contribution in [1.82, 2.24) is 5.32 Å². The van der Waals surface area contributed by atoms with Gasteiger partial charge < -0.3 is 10.1 Å². The van der Waals surface area contributed by atoms with E-state index in [-0.39, 0.29) is 16.9 Å². The fourth-order valence-electron chi connectivity index (χ4n) is 2.12. The van der Waals surface area contributed by atoms with Crippen molar-refractivity contribution in [2.75, 3.05) is 19.9 Å². The zero-order valence-corrected chi connectivity index (χ0v) is 11.4. The van der Waals surface area contributed by atoms with Crippen LogP contribution in [0.3, 0.4) is 0 Å². The van der Waals surface area contributed by atoms with Crippen LogP contribution in [-0.4, -0.2) is 45.2 Å². The van der Waals surface area contributed by atoms with Gasteiger partial charge in [0.05, 0.1) is 10.9 Å². The Kier molecular flexibility index (Phi) is 4.37. The van der Waals surface area contributed by atoms with Gasteiger partial charge in [0, 0.05) is 26.0 Å². The van der Waals surface area contributed by atoms with E-state index in [9.17, 15) is 8.42 Å². The third-order valence-corrected chi connectivity index (χ3v) is 5.01. The summed E-state index contributed by atoms with van der Waals surface area (Å²) in [4.78, 5) is 0. The zero-order chi connectivity index (χ0) is 12.4. The maximum absolute atomic E-state index is 11.6. The van der Waals surface area contributed by atoms with Crippen LogP contribution in [0, 0.1) is 0 Å². The Morgan fingerprint density at radius 3 is 2.50 bits per heavy atom. The van der Waals surface area contributed by atoms with Crippen LogP contribution in [0.15, 0.2) is 0 Å². The quantitative estimate of drug-likeness (QED) is 0.789. The summed E-state index contributed by atoms with van der Waals surface area (Å²) >= 11 is 0. The third kappa shape index (κ3) is 3.71. The van der Waals surface area contributed by atoms with E-state index in [4.69, 9.17) is 4.74 Å². The Hall–Kier alpha value is -0.130. The first kappa shape index (κ1) is 13.9. The lowest BCUT2D eigenvalue weighted by molar-refractivity contribution is 0.0213. The van der Waals surface area contributed by atoms with Gasteiger partial charge in [-0.3, -0.25) is 0 Å². The molecule has 0 amide bonds. The molecule has 0 heterocycles. The average molecular weight is 249 g/mol.